The van der Waals surface area contributed by atoms with Crippen LogP contribution >= 0.6 is 0 Å². The summed E-state index contributed by atoms with van der Waals surface area (Å²) in [5.41, 5.74) is 2.71. The van der Waals surface area contributed by atoms with Crippen LogP contribution in [0.2, 0.25) is 0 Å². The third kappa shape index (κ3) is 9.47. The van der Waals surface area contributed by atoms with Crippen LogP contribution in [0.5, 0.6) is 0 Å². The monoisotopic (exact) mass is 485 g/mol. The maximum Gasteiger partial charge on any atom is 2.00 e. The standard InChI is InChI=1S/C11H6N2O.C5H5N.2C2H4O2.Pd/c14-11-7-3-1-5-12-9(7)10-8(11)4-2-6-13-10;1-2-4-6-5-3-1;2*1-2(3)4;/h1-6H;1-5H;2*1H3,(H,3,4);/q;;;;+2/p-2. The SMILES string of the molecule is CC(=O)[O-].CC(=O)[O-].O=C1c2cccnc2-c2ncccc21.[Pd+2].c1ccncc1. The van der Waals surface area contributed by atoms with Gasteiger partial charge in [0.1, 0.15) is 11.4 Å². The number of aliphatic carboxylic acids is 2. The summed E-state index contributed by atoms with van der Waals surface area (Å²) in [6, 6.07) is 12.8. The number of pyridine rings is 3. The first-order chi connectivity index (χ1) is 13.3. The molecule has 9 heteroatoms. The second kappa shape index (κ2) is 13.8. The Morgan fingerprint density at radius 1 is 0.724 bits per heavy atom. The van der Waals surface area contributed by atoms with E-state index in [2.05, 4.69) is 15.0 Å². The summed E-state index contributed by atoms with van der Waals surface area (Å²) in [6.07, 6.45) is 6.85. The smallest absolute Gasteiger partial charge is 0.550 e. The van der Waals surface area contributed by atoms with Crippen molar-refractivity contribution in [1.82, 2.24) is 15.0 Å². The number of carbonyl (C=O) groups is 3. The van der Waals surface area contributed by atoms with Crippen LogP contribution in [0, 0.1) is 0 Å². The summed E-state index contributed by atoms with van der Waals surface area (Å²) in [5.74, 6) is -2.14. The molecule has 0 fully saturated rings. The first-order valence-corrected chi connectivity index (χ1v) is 7.99. The topological polar surface area (TPSA) is 136 Å². The average Bonchev–Trinajstić information content (AvgIpc) is 2.96. The van der Waals surface area contributed by atoms with E-state index in [1.54, 1.807) is 49.1 Å². The van der Waals surface area contributed by atoms with Crippen molar-refractivity contribution in [3.63, 3.8) is 0 Å². The first kappa shape index (κ1) is 25.7. The molecule has 0 aliphatic heterocycles. The zero-order chi connectivity index (χ0) is 20.9. The molecule has 0 saturated carbocycles. The molecular formula is C20H17N3O5Pd. The van der Waals surface area contributed by atoms with Crippen molar-refractivity contribution in [2.75, 3.05) is 0 Å². The van der Waals surface area contributed by atoms with Crippen LogP contribution < -0.4 is 10.2 Å². The molecule has 0 unspecified atom stereocenters. The Labute approximate surface area is 181 Å². The van der Waals surface area contributed by atoms with Gasteiger partial charge >= 0.3 is 20.4 Å². The molecule has 3 heterocycles. The molecule has 0 saturated heterocycles. The number of aromatic nitrogens is 3. The Kier molecular flexibility index (Phi) is 12.3. The Balaban J connectivity index is 0.000000439. The van der Waals surface area contributed by atoms with Crippen LogP contribution in [0.1, 0.15) is 29.8 Å². The Morgan fingerprint density at radius 2 is 1.10 bits per heavy atom. The van der Waals surface area contributed by atoms with E-state index in [1.807, 2.05) is 18.2 Å². The second-order valence-electron chi connectivity index (χ2n) is 5.14. The predicted octanol–water partition coefficient (Wildman–Crippen LogP) is 0.280. The van der Waals surface area contributed by atoms with Gasteiger partial charge in [-0.2, -0.15) is 0 Å². The number of hydrogen-bond donors (Lipinski definition) is 0. The summed E-state index contributed by atoms with van der Waals surface area (Å²) in [6.45, 7) is 1.94. The molecule has 0 aromatic carbocycles. The molecule has 1 aliphatic carbocycles. The largest absolute Gasteiger partial charge is 2.00 e. The fourth-order valence-electron chi connectivity index (χ4n) is 2.01. The number of hydrogen-bond acceptors (Lipinski definition) is 8. The van der Waals surface area contributed by atoms with Crippen LogP contribution in [-0.4, -0.2) is 32.7 Å². The fourth-order valence-corrected chi connectivity index (χ4v) is 2.01. The van der Waals surface area contributed by atoms with Gasteiger partial charge < -0.3 is 19.8 Å². The summed E-state index contributed by atoms with van der Waals surface area (Å²) < 4.78 is 0. The zero-order valence-corrected chi connectivity index (χ0v) is 17.1. The van der Waals surface area contributed by atoms with Gasteiger partial charge in [-0.25, -0.2) is 0 Å². The van der Waals surface area contributed by atoms with E-state index in [-0.39, 0.29) is 26.2 Å². The normalized spacial score (nSPS) is 9.38. The molecular weight excluding hydrogens is 469 g/mol. The van der Waals surface area contributed by atoms with E-state index in [9.17, 15) is 4.79 Å². The fraction of sp³-hybridized carbons (Fsp3) is 0.100. The van der Waals surface area contributed by atoms with Crippen LogP contribution in [0.4, 0.5) is 0 Å². The zero-order valence-electron chi connectivity index (χ0n) is 15.5. The molecule has 0 bridgehead atoms. The van der Waals surface area contributed by atoms with Crippen molar-refractivity contribution in [2.24, 2.45) is 0 Å². The number of carboxylic acids is 2. The Hall–Kier alpha value is -3.28. The van der Waals surface area contributed by atoms with Gasteiger partial charge in [0.25, 0.3) is 0 Å². The van der Waals surface area contributed by atoms with Gasteiger partial charge in [-0.1, -0.05) is 6.07 Å². The molecule has 152 valence electrons. The number of carbonyl (C=O) groups excluding carboxylic acids is 3. The third-order valence-corrected chi connectivity index (χ3v) is 2.90. The van der Waals surface area contributed by atoms with Crippen LogP contribution in [0.15, 0.2) is 67.3 Å². The van der Waals surface area contributed by atoms with E-state index in [4.69, 9.17) is 19.8 Å². The van der Waals surface area contributed by atoms with E-state index in [1.165, 1.54) is 0 Å². The molecule has 8 nitrogen and oxygen atoms in total. The van der Waals surface area contributed by atoms with E-state index in [0.717, 1.165) is 13.8 Å². The molecule has 3 aromatic heterocycles. The summed E-state index contributed by atoms with van der Waals surface area (Å²) in [4.78, 5) is 41.7. The number of fused-ring (bicyclic) bond motifs is 3. The molecule has 3 aromatic rings. The predicted molar refractivity (Wildman–Crippen MR) is 96.5 cm³/mol. The molecule has 4 rings (SSSR count). The third-order valence-electron chi connectivity index (χ3n) is 2.90. The second-order valence-corrected chi connectivity index (χ2v) is 5.14. The van der Waals surface area contributed by atoms with Gasteiger partial charge in [-0.05, 0) is 50.2 Å². The van der Waals surface area contributed by atoms with Crippen molar-refractivity contribution >= 4 is 17.7 Å². The molecule has 0 atom stereocenters. The van der Waals surface area contributed by atoms with E-state index < -0.39 is 11.9 Å². The molecule has 1 aliphatic rings. The van der Waals surface area contributed by atoms with Crippen molar-refractivity contribution in [3.8, 4) is 11.4 Å². The van der Waals surface area contributed by atoms with Gasteiger partial charge in [-0.3, -0.25) is 19.7 Å². The van der Waals surface area contributed by atoms with Gasteiger partial charge in [-0.15, -0.1) is 0 Å². The molecule has 0 N–H and O–H groups in total. The number of rotatable bonds is 0. The maximum atomic E-state index is 11.8. The van der Waals surface area contributed by atoms with E-state index >= 15 is 0 Å². The van der Waals surface area contributed by atoms with Crippen LogP contribution in [0.3, 0.4) is 0 Å². The number of carboxylic acid groups (broad SMARTS) is 2. The van der Waals surface area contributed by atoms with Crippen molar-refractivity contribution in [3.05, 3.63) is 78.4 Å². The van der Waals surface area contributed by atoms with Gasteiger partial charge in [0, 0.05) is 36.7 Å². The molecule has 0 amide bonds. The van der Waals surface area contributed by atoms with Gasteiger partial charge in [0.05, 0.1) is 11.1 Å². The quantitative estimate of drug-likeness (QED) is 0.324. The summed E-state index contributed by atoms with van der Waals surface area (Å²) in [7, 11) is 0. The first-order valence-electron chi connectivity index (χ1n) is 7.99. The van der Waals surface area contributed by atoms with Crippen molar-refractivity contribution in [2.45, 2.75) is 13.8 Å². The minimum atomic E-state index is -1.08. The number of ketones is 1. The minimum absolute atomic E-state index is 0. The number of nitrogens with zero attached hydrogens (tertiary/aromatic N) is 3. The minimum Gasteiger partial charge on any atom is -0.550 e. The molecule has 0 radical (unpaired) electrons. The Morgan fingerprint density at radius 3 is 1.38 bits per heavy atom. The summed E-state index contributed by atoms with van der Waals surface area (Å²) in [5, 5.41) is 17.8. The van der Waals surface area contributed by atoms with Crippen LogP contribution in [0.25, 0.3) is 11.4 Å². The van der Waals surface area contributed by atoms with Crippen LogP contribution in [-0.2, 0) is 30.0 Å². The van der Waals surface area contributed by atoms with Crippen molar-refractivity contribution < 1.29 is 45.0 Å². The van der Waals surface area contributed by atoms with Gasteiger partial charge in [0.15, 0.2) is 5.78 Å². The maximum absolute atomic E-state index is 11.8. The summed E-state index contributed by atoms with van der Waals surface area (Å²) >= 11 is 0. The Bertz CT molecular complexity index is 842. The van der Waals surface area contributed by atoms with Crippen molar-refractivity contribution in [1.29, 1.82) is 0 Å². The van der Waals surface area contributed by atoms with E-state index in [0.29, 0.717) is 22.5 Å². The molecule has 0 spiro atoms. The van der Waals surface area contributed by atoms with Gasteiger partial charge in [0.2, 0.25) is 0 Å². The molecule has 29 heavy (non-hydrogen) atoms. The average molecular weight is 486 g/mol.